The highest BCUT2D eigenvalue weighted by Crippen LogP contribution is 2.24. The van der Waals surface area contributed by atoms with E-state index in [1.807, 2.05) is 30.3 Å². The summed E-state index contributed by atoms with van der Waals surface area (Å²) in [6, 6.07) is 14.5. The molecule has 0 atom stereocenters. The summed E-state index contributed by atoms with van der Waals surface area (Å²) >= 11 is 12.0. The minimum Gasteiger partial charge on any atom is -0.298 e. The maximum atomic E-state index is 12.4. The number of halogens is 2. The van der Waals surface area contributed by atoms with Gasteiger partial charge in [0.2, 0.25) is 0 Å². The van der Waals surface area contributed by atoms with E-state index in [-0.39, 0.29) is 5.56 Å². The van der Waals surface area contributed by atoms with Crippen LogP contribution in [0, 0.1) is 0 Å². The van der Waals surface area contributed by atoms with Crippen LogP contribution in [0.3, 0.4) is 0 Å². The number of benzene rings is 2. The molecule has 1 aromatic heterocycles. The summed E-state index contributed by atoms with van der Waals surface area (Å²) in [5, 5.41) is 3.87. The summed E-state index contributed by atoms with van der Waals surface area (Å²) < 4.78 is 1.40. The van der Waals surface area contributed by atoms with Gasteiger partial charge in [-0.2, -0.15) is 0 Å². The fourth-order valence-electron chi connectivity index (χ4n) is 2.04. The molecule has 0 radical (unpaired) electrons. The molecule has 100 valence electrons. The monoisotopic (exact) mass is 304 g/mol. The zero-order chi connectivity index (χ0) is 14.1. The van der Waals surface area contributed by atoms with E-state index in [0.717, 1.165) is 5.56 Å². The highest BCUT2D eigenvalue weighted by molar-refractivity contribution is 6.35. The number of H-pyrrole nitrogens is 1. The minimum atomic E-state index is -0.152. The molecule has 20 heavy (non-hydrogen) atoms. The largest absolute Gasteiger partial charge is 0.298 e. The van der Waals surface area contributed by atoms with Crippen LogP contribution in [-0.4, -0.2) is 9.78 Å². The summed E-state index contributed by atoms with van der Waals surface area (Å²) in [6.07, 6.45) is 1.67. The van der Waals surface area contributed by atoms with Gasteiger partial charge in [0.05, 0.1) is 16.3 Å². The molecule has 0 bridgehead atoms. The van der Waals surface area contributed by atoms with Gasteiger partial charge in [0.15, 0.2) is 0 Å². The molecule has 1 heterocycles. The molecule has 5 heteroatoms. The Bertz CT molecular complexity index is 806. The Balaban J connectivity index is 2.14. The van der Waals surface area contributed by atoms with Gasteiger partial charge >= 0.3 is 0 Å². The van der Waals surface area contributed by atoms with E-state index >= 15 is 0 Å². The van der Waals surface area contributed by atoms with Crippen molar-refractivity contribution >= 4 is 23.2 Å². The summed E-state index contributed by atoms with van der Waals surface area (Å²) in [5.41, 5.74) is 1.87. The van der Waals surface area contributed by atoms with Crippen molar-refractivity contribution in [2.45, 2.75) is 0 Å². The van der Waals surface area contributed by atoms with Gasteiger partial charge in [0.25, 0.3) is 5.56 Å². The van der Waals surface area contributed by atoms with Gasteiger partial charge in [0.1, 0.15) is 0 Å². The second-order valence-corrected chi connectivity index (χ2v) is 5.13. The van der Waals surface area contributed by atoms with Crippen molar-refractivity contribution in [1.82, 2.24) is 9.78 Å². The second kappa shape index (κ2) is 5.19. The molecule has 0 unspecified atom stereocenters. The highest BCUT2D eigenvalue weighted by atomic mass is 35.5. The average Bonchev–Trinajstić information content (AvgIpc) is 2.82. The van der Waals surface area contributed by atoms with Crippen molar-refractivity contribution in [3.63, 3.8) is 0 Å². The van der Waals surface area contributed by atoms with Crippen molar-refractivity contribution in [2.24, 2.45) is 0 Å². The van der Waals surface area contributed by atoms with Crippen LogP contribution in [-0.2, 0) is 0 Å². The van der Waals surface area contributed by atoms with Crippen LogP contribution in [0.15, 0.2) is 59.5 Å². The maximum Gasteiger partial charge on any atom is 0.279 e. The summed E-state index contributed by atoms with van der Waals surface area (Å²) in [6.45, 7) is 0. The zero-order valence-electron chi connectivity index (χ0n) is 10.3. The third-order valence-corrected chi connectivity index (χ3v) is 3.54. The number of aromatic nitrogens is 2. The Morgan fingerprint density at radius 3 is 2.45 bits per heavy atom. The lowest BCUT2D eigenvalue weighted by Crippen LogP contribution is -2.16. The first-order valence-corrected chi connectivity index (χ1v) is 6.73. The standard InChI is InChI=1S/C15H10Cl2N2O/c16-11-6-7-14(13(17)8-11)19-15(20)12(9-18-19)10-4-2-1-3-5-10/h1-9,18H. The summed E-state index contributed by atoms with van der Waals surface area (Å²) in [4.78, 5) is 12.4. The zero-order valence-corrected chi connectivity index (χ0v) is 11.8. The van der Waals surface area contributed by atoms with Gasteiger partial charge in [-0.15, -0.1) is 0 Å². The Morgan fingerprint density at radius 1 is 1.00 bits per heavy atom. The Kier molecular flexibility index (Phi) is 3.38. The molecule has 0 spiro atoms. The van der Waals surface area contributed by atoms with Crippen LogP contribution in [0.5, 0.6) is 0 Å². The average molecular weight is 305 g/mol. The van der Waals surface area contributed by atoms with E-state index in [2.05, 4.69) is 5.10 Å². The molecule has 0 saturated heterocycles. The van der Waals surface area contributed by atoms with Gasteiger partial charge in [0, 0.05) is 11.2 Å². The summed E-state index contributed by atoms with van der Waals surface area (Å²) in [7, 11) is 0. The van der Waals surface area contributed by atoms with Gasteiger partial charge in [-0.05, 0) is 23.8 Å². The molecule has 1 N–H and O–H groups in total. The first-order chi connectivity index (χ1) is 9.66. The minimum absolute atomic E-state index is 0.152. The molecular formula is C15H10Cl2N2O. The van der Waals surface area contributed by atoms with Crippen molar-refractivity contribution in [1.29, 1.82) is 0 Å². The third kappa shape index (κ3) is 2.26. The fraction of sp³-hybridized carbons (Fsp3) is 0. The van der Waals surface area contributed by atoms with E-state index < -0.39 is 0 Å². The van der Waals surface area contributed by atoms with Crippen molar-refractivity contribution in [3.05, 3.63) is 75.1 Å². The lowest BCUT2D eigenvalue weighted by Gasteiger charge is -2.04. The molecule has 3 rings (SSSR count). The van der Waals surface area contributed by atoms with Crippen LogP contribution in [0.4, 0.5) is 0 Å². The molecule has 3 nitrogen and oxygen atoms in total. The Hall–Kier alpha value is -1.97. The van der Waals surface area contributed by atoms with Crippen molar-refractivity contribution in [3.8, 4) is 16.8 Å². The SMILES string of the molecule is O=c1c(-c2ccccc2)c[nH]n1-c1ccc(Cl)cc1Cl. The number of nitrogens with zero attached hydrogens (tertiary/aromatic N) is 1. The van der Waals surface area contributed by atoms with Crippen molar-refractivity contribution in [2.75, 3.05) is 0 Å². The number of hydrogen-bond acceptors (Lipinski definition) is 1. The van der Waals surface area contributed by atoms with Crippen LogP contribution < -0.4 is 5.56 Å². The molecule has 0 aliphatic heterocycles. The van der Waals surface area contributed by atoms with E-state index in [1.165, 1.54) is 4.68 Å². The van der Waals surface area contributed by atoms with Gasteiger partial charge in [-0.3, -0.25) is 9.89 Å². The van der Waals surface area contributed by atoms with Crippen LogP contribution in [0.2, 0.25) is 10.0 Å². The predicted molar refractivity (Wildman–Crippen MR) is 81.8 cm³/mol. The van der Waals surface area contributed by atoms with Gasteiger partial charge < -0.3 is 0 Å². The van der Waals surface area contributed by atoms with Crippen LogP contribution >= 0.6 is 23.2 Å². The number of aromatic amines is 1. The highest BCUT2D eigenvalue weighted by Gasteiger charge is 2.11. The first-order valence-electron chi connectivity index (χ1n) is 5.98. The molecule has 2 aromatic carbocycles. The normalized spacial score (nSPS) is 10.7. The van der Waals surface area contributed by atoms with E-state index in [4.69, 9.17) is 23.2 Å². The topological polar surface area (TPSA) is 37.8 Å². The fourth-order valence-corrected chi connectivity index (χ4v) is 2.53. The number of rotatable bonds is 2. The molecular weight excluding hydrogens is 295 g/mol. The van der Waals surface area contributed by atoms with Gasteiger partial charge in [-0.1, -0.05) is 53.5 Å². The molecule has 0 aliphatic carbocycles. The van der Waals surface area contributed by atoms with Gasteiger partial charge in [-0.25, -0.2) is 4.68 Å². The van der Waals surface area contributed by atoms with E-state index in [0.29, 0.717) is 21.3 Å². The second-order valence-electron chi connectivity index (χ2n) is 4.29. The lowest BCUT2D eigenvalue weighted by atomic mass is 10.1. The molecule has 0 fully saturated rings. The number of nitrogens with one attached hydrogen (secondary N) is 1. The number of hydrogen-bond donors (Lipinski definition) is 1. The first kappa shape index (κ1) is 13.0. The Morgan fingerprint density at radius 2 is 1.75 bits per heavy atom. The maximum absolute atomic E-state index is 12.4. The predicted octanol–water partition coefficient (Wildman–Crippen LogP) is 4.14. The molecule has 3 aromatic rings. The van der Waals surface area contributed by atoms with Crippen LogP contribution in [0.1, 0.15) is 0 Å². The molecule has 0 saturated carbocycles. The quantitative estimate of drug-likeness (QED) is 0.759. The van der Waals surface area contributed by atoms with E-state index in [9.17, 15) is 4.79 Å². The van der Waals surface area contributed by atoms with Crippen molar-refractivity contribution < 1.29 is 0 Å². The molecule has 0 aliphatic rings. The lowest BCUT2D eigenvalue weighted by molar-refractivity contribution is 0.850. The Labute approximate surface area is 125 Å². The molecule has 0 amide bonds. The third-order valence-electron chi connectivity index (χ3n) is 3.01. The smallest absolute Gasteiger partial charge is 0.279 e. The summed E-state index contributed by atoms with van der Waals surface area (Å²) in [5.74, 6) is 0. The van der Waals surface area contributed by atoms with Crippen LogP contribution in [0.25, 0.3) is 16.8 Å². The van der Waals surface area contributed by atoms with E-state index in [1.54, 1.807) is 24.4 Å².